The molecule has 1 aliphatic heterocycles. The number of likely N-dealkylation sites (tertiary alicyclic amines) is 1. The summed E-state index contributed by atoms with van der Waals surface area (Å²) in [4.78, 5) is 38.0. The highest BCUT2D eigenvalue weighted by Crippen LogP contribution is 2.51. The highest BCUT2D eigenvalue weighted by molar-refractivity contribution is 5.79. The third kappa shape index (κ3) is 4.77. The van der Waals surface area contributed by atoms with E-state index in [0.717, 1.165) is 6.42 Å². The van der Waals surface area contributed by atoms with E-state index >= 15 is 0 Å². The first-order valence-electron chi connectivity index (χ1n) is 12.5. The van der Waals surface area contributed by atoms with Crippen LogP contribution in [-0.2, 0) is 14.3 Å². The van der Waals surface area contributed by atoms with Gasteiger partial charge in [-0.2, -0.15) is 0 Å². The Kier molecular flexibility index (Phi) is 6.50. The van der Waals surface area contributed by atoms with Gasteiger partial charge in [0.2, 0.25) is 5.91 Å². The molecule has 1 saturated heterocycles. The number of benzene rings is 2. The number of carboxylic acid groups (broad SMARTS) is 1. The number of nitrogens with one attached hydrogen (secondary N) is 1. The molecule has 2 amide bonds. The maximum Gasteiger partial charge on any atom is 0.407 e. The number of carboxylic acids is 1. The molecule has 2 aliphatic carbocycles. The van der Waals surface area contributed by atoms with Crippen LogP contribution in [0.5, 0.6) is 0 Å². The Bertz CT molecular complexity index is 1090. The fourth-order valence-corrected chi connectivity index (χ4v) is 5.87. The first-order chi connectivity index (χ1) is 16.9. The molecule has 4 atom stereocenters. The first-order valence-corrected chi connectivity index (χ1v) is 12.5. The minimum atomic E-state index is -0.734. The summed E-state index contributed by atoms with van der Waals surface area (Å²) in [5.74, 6) is -0.401. The quantitative estimate of drug-likeness (QED) is 0.598. The second kappa shape index (κ2) is 9.72. The summed E-state index contributed by atoms with van der Waals surface area (Å²) in [5.41, 5.74) is 4.75. The topological polar surface area (TPSA) is 95.9 Å². The Balaban J connectivity index is 1.04. The molecule has 2 aromatic carbocycles. The number of carbonyl (C=O) groups is 3. The van der Waals surface area contributed by atoms with Gasteiger partial charge in [-0.3, -0.25) is 9.59 Å². The van der Waals surface area contributed by atoms with Gasteiger partial charge in [-0.1, -0.05) is 55.5 Å². The number of aliphatic carboxylic acids is 1. The molecule has 0 radical (unpaired) electrons. The van der Waals surface area contributed by atoms with E-state index in [1.165, 1.54) is 22.3 Å². The molecule has 1 heterocycles. The van der Waals surface area contributed by atoms with E-state index in [-0.39, 0.29) is 42.1 Å². The molecule has 1 saturated carbocycles. The molecule has 0 aromatic heterocycles. The summed E-state index contributed by atoms with van der Waals surface area (Å²) in [6.45, 7) is 3.94. The molecule has 7 nitrogen and oxygen atoms in total. The van der Waals surface area contributed by atoms with Crippen molar-refractivity contribution in [1.29, 1.82) is 0 Å². The van der Waals surface area contributed by atoms with Crippen LogP contribution in [0.2, 0.25) is 0 Å². The number of rotatable bonds is 8. The van der Waals surface area contributed by atoms with Crippen molar-refractivity contribution in [2.45, 2.75) is 32.1 Å². The maximum absolute atomic E-state index is 12.6. The van der Waals surface area contributed by atoms with Crippen molar-refractivity contribution in [1.82, 2.24) is 10.2 Å². The molecule has 3 aliphatic rings. The Labute approximate surface area is 205 Å². The van der Waals surface area contributed by atoms with Gasteiger partial charge in [-0.25, -0.2) is 4.79 Å². The van der Waals surface area contributed by atoms with Gasteiger partial charge < -0.3 is 20.1 Å². The van der Waals surface area contributed by atoms with Gasteiger partial charge in [0.25, 0.3) is 0 Å². The Morgan fingerprint density at radius 2 is 1.71 bits per heavy atom. The summed E-state index contributed by atoms with van der Waals surface area (Å²) in [6.07, 6.45) is 1.41. The molecule has 0 spiro atoms. The number of hydrogen-bond donors (Lipinski definition) is 2. The Hall–Kier alpha value is -3.35. The number of amides is 2. The number of carbonyl (C=O) groups excluding carboxylic acids is 2. The lowest BCUT2D eigenvalue weighted by Gasteiger charge is -2.26. The fourth-order valence-electron chi connectivity index (χ4n) is 5.87. The summed E-state index contributed by atoms with van der Waals surface area (Å²) < 4.78 is 5.58. The van der Waals surface area contributed by atoms with Crippen molar-refractivity contribution in [3.63, 3.8) is 0 Å². The van der Waals surface area contributed by atoms with Gasteiger partial charge in [0, 0.05) is 32.0 Å². The first kappa shape index (κ1) is 23.4. The number of nitrogens with zero attached hydrogens (tertiary/aromatic N) is 1. The van der Waals surface area contributed by atoms with Crippen LogP contribution in [0.3, 0.4) is 0 Å². The molecular weight excluding hydrogens is 444 g/mol. The van der Waals surface area contributed by atoms with Gasteiger partial charge >= 0.3 is 12.1 Å². The number of hydrogen-bond acceptors (Lipinski definition) is 4. The van der Waals surface area contributed by atoms with E-state index in [9.17, 15) is 19.5 Å². The van der Waals surface area contributed by atoms with Crippen molar-refractivity contribution in [2.75, 3.05) is 26.2 Å². The number of ether oxygens (including phenoxy) is 1. The van der Waals surface area contributed by atoms with E-state index in [2.05, 4.69) is 29.6 Å². The predicted molar refractivity (Wildman–Crippen MR) is 131 cm³/mol. The lowest BCUT2D eigenvalue weighted by Crippen LogP contribution is -2.37. The second-order valence-corrected chi connectivity index (χ2v) is 10.2. The Morgan fingerprint density at radius 1 is 1.06 bits per heavy atom. The van der Waals surface area contributed by atoms with Crippen LogP contribution in [0.4, 0.5) is 4.79 Å². The largest absolute Gasteiger partial charge is 0.481 e. The average Bonchev–Trinajstić information content (AvgIpc) is 3.52. The minimum Gasteiger partial charge on any atom is -0.481 e. The molecule has 184 valence electrons. The highest BCUT2D eigenvalue weighted by atomic mass is 16.5. The van der Waals surface area contributed by atoms with E-state index in [4.69, 9.17) is 4.74 Å². The number of alkyl carbamates (subject to hydrolysis) is 1. The molecular formula is C28H32N2O5. The lowest BCUT2D eigenvalue weighted by atomic mass is 9.98. The van der Waals surface area contributed by atoms with Crippen molar-refractivity contribution in [2.24, 2.45) is 23.7 Å². The van der Waals surface area contributed by atoms with Crippen LogP contribution < -0.4 is 5.32 Å². The molecule has 7 heteroatoms. The molecule has 35 heavy (non-hydrogen) atoms. The van der Waals surface area contributed by atoms with Crippen LogP contribution in [0.1, 0.15) is 43.2 Å². The molecule has 5 rings (SSSR count). The zero-order chi connectivity index (χ0) is 24.5. The van der Waals surface area contributed by atoms with Crippen LogP contribution in [0, 0.1) is 23.7 Å². The van der Waals surface area contributed by atoms with Crippen LogP contribution in [-0.4, -0.2) is 54.2 Å². The highest BCUT2D eigenvalue weighted by Gasteiger charge is 2.57. The molecule has 0 bridgehead atoms. The smallest absolute Gasteiger partial charge is 0.407 e. The standard InChI is InChI=1S/C28H32N2O5/c1-17(10-11-25(31)30-13-12-22-23(15-30)26(22)27(32)33)14-29-28(34)35-16-24-20-8-4-2-6-18(20)19-7-3-5-9-21(19)24/h2-9,17,22-24,26H,10-16H2,1H3,(H,29,34)(H,32,33)/t17?,22-,23+,26?/m1/s1. The number of piperidine rings is 1. The van der Waals surface area contributed by atoms with E-state index in [1.807, 2.05) is 36.1 Å². The van der Waals surface area contributed by atoms with Crippen LogP contribution in [0.15, 0.2) is 48.5 Å². The average molecular weight is 477 g/mol. The van der Waals surface area contributed by atoms with Gasteiger partial charge in [-0.05, 0) is 52.8 Å². The predicted octanol–water partition coefficient (Wildman–Crippen LogP) is 4.12. The van der Waals surface area contributed by atoms with Crippen LogP contribution in [0.25, 0.3) is 11.1 Å². The molecule has 2 unspecified atom stereocenters. The maximum atomic E-state index is 12.6. The van der Waals surface area contributed by atoms with Crippen molar-refractivity contribution >= 4 is 18.0 Å². The Morgan fingerprint density at radius 3 is 2.37 bits per heavy atom. The summed E-state index contributed by atoms with van der Waals surface area (Å²) >= 11 is 0. The SMILES string of the molecule is CC(CCC(=O)N1CC[C@H]2C(C(=O)O)[C@H]2C1)CNC(=O)OCC1c2ccccc2-c2ccccc21. The van der Waals surface area contributed by atoms with Crippen molar-refractivity contribution in [3.05, 3.63) is 59.7 Å². The monoisotopic (exact) mass is 476 g/mol. The zero-order valence-corrected chi connectivity index (χ0v) is 20.0. The molecule has 2 aromatic rings. The number of fused-ring (bicyclic) bond motifs is 4. The molecule has 2 N–H and O–H groups in total. The fraction of sp³-hybridized carbons (Fsp3) is 0.464. The third-order valence-electron chi connectivity index (χ3n) is 7.92. The summed E-state index contributed by atoms with van der Waals surface area (Å²) in [6, 6.07) is 16.5. The van der Waals surface area contributed by atoms with E-state index < -0.39 is 12.1 Å². The normalized spacial score (nSPS) is 23.0. The summed E-state index contributed by atoms with van der Waals surface area (Å²) in [7, 11) is 0. The zero-order valence-electron chi connectivity index (χ0n) is 20.0. The minimum absolute atomic E-state index is 0.0273. The van der Waals surface area contributed by atoms with Crippen molar-refractivity contribution < 1.29 is 24.2 Å². The molecule has 2 fully saturated rings. The van der Waals surface area contributed by atoms with Crippen LogP contribution >= 0.6 is 0 Å². The lowest BCUT2D eigenvalue weighted by molar-refractivity contribution is -0.139. The van der Waals surface area contributed by atoms with E-state index in [1.54, 1.807) is 0 Å². The van der Waals surface area contributed by atoms with Gasteiger partial charge in [0.1, 0.15) is 6.61 Å². The van der Waals surface area contributed by atoms with Crippen molar-refractivity contribution in [3.8, 4) is 11.1 Å². The van der Waals surface area contributed by atoms with Gasteiger partial charge in [-0.15, -0.1) is 0 Å². The summed E-state index contributed by atoms with van der Waals surface area (Å²) in [5, 5.41) is 12.1. The van der Waals surface area contributed by atoms with Gasteiger partial charge in [0.15, 0.2) is 0 Å². The second-order valence-electron chi connectivity index (χ2n) is 10.2. The van der Waals surface area contributed by atoms with Gasteiger partial charge in [0.05, 0.1) is 5.92 Å². The third-order valence-corrected chi connectivity index (χ3v) is 7.92. The van der Waals surface area contributed by atoms with E-state index in [0.29, 0.717) is 32.5 Å².